The van der Waals surface area contributed by atoms with Crippen LogP contribution in [0.3, 0.4) is 0 Å². The van der Waals surface area contributed by atoms with Gasteiger partial charge in [0.05, 0.1) is 0 Å². The van der Waals surface area contributed by atoms with Crippen LogP contribution in [0.25, 0.3) is 27.6 Å². The van der Waals surface area contributed by atoms with Crippen LogP contribution >= 0.6 is 0 Å². The number of hydrogen-bond donors (Lipinski definition) is 0. The summed E-state index contributed by atoms with van der Waals surface area (Å²) in [4.78, 5) is 9.68. The Labute approximate surface area is 439 Å². The van der Waals surface area contributed by atoms with Crippen LogP contribution in [-0.4, -0.2) is 9.55 Å². The van der Waals surface area contributed by atoms with Crippen molar-refractivity contribution < 1.29 is 25.8 Å². The van der Waals surface area contributed by atoms with Gasteiger partial charge in [0.15, 0.2) is 0 Å². The molecule has 1 aliphatic heterocycles. The molecule has 0 saturated heterocycles. The molecule has 6 heteroatoms. The minimum Gasteiger partial charge on any atom is -0.509 e. The summed E-state index contributed by atoms with van der Waals surface area (Å²) in [6.07, 6.45) is 1.93. The van der Waals surface area contributed by atoms with Gasteiger partial charge in [-0.15, -0.1) is 53.6 Å². The maximum atomic E-state index is 7.02. The van der Waals surface area contributed by atoms with Gasteiger partial charge < -0.3 is 19.1 Å². The standard InChI is InChI=1S/C65H73N4O.Pt/c1-60(2,3)43-24-21-25-47(32-43)67-41-68(58-40-54(64(13,14)15)53(39-57(58)67)63(10,11)12)48-33-46(62(7,8)9)34-50(37-48)70-49-27-28-51-52-35-45(65(16,17)42-22-19-18-20-23-42)26-29-55(52)69(56(51)38-49)59-36-44(30-31-66-59)61(4,5)6;/h18-36,39-41H,1-17H3;/q-3;. The van der Waals surface area contributed by atoms with E-state index in [1.165, 1.54) is 33.4 Å². The van der Waals surface area contributed by atoms with Gasteiger partial charge >= 0.3 is 0 Å². The van der Waals surface area contributed by atoms with Crippen molar-refractivity contribution in [2.45, 2.75) is 150 Å². The third kappa shape index (κ3) is 9.98. The Kier molecular flexibility index (Phi) is 13.2. The Bertz CT molecular complexity index is 3270. The number of ether oxygens (including phenoxy) is 1. The van der Waals surface area contributed by atoms with Crippen molar-refractivity contribution in [2.75, 3.05) is 9.80 Å². The molecule has 0 radical (unpaired) electrons. The monoisotopic (exact) mass is 1120 g/mol. The van der Waals surface area contributed by atoms with E-state index < -0.39 is 0 Å². The van der Waals surface area contributed by atoms with E-state index in [0.717, 1.165) is 55.9 Å². The Balaban J connectivity index is 0.00000676. The summed E-state index contributed by atoms with van der Waals surface area (Å²) in [7, 11) is 0. The molecule has 0 bridgehead atoms. The van der Waals surface area contributed by atoms with E-state index in [4.69, 9.17) is 9.72 Å². The molecule has 71 heavy (non-hydrogen) atoms. The zero-order valence-electron chi connectivity index (χ0n) is 45.2. The van der Waals surface area contributed by atoms with Crippen molar-refractivity contribution in [2.24, 2.45) is 0 Å². The van der Waals surface area contributed by atoms with E-state index in [1.807, 2.05) is 6.20 Å². The minimum absolute atomic E-state index is 0. The van der Waals surface area contributed by atoms with Gasteiger partial charge in [-0.1, -0.05) is 178 Å². The summed E-state index contributed by atoms with van der Waals surface area (Å²) < 4.78 is 9.27. The smallest absolute Gasteiger partial charge is 0.135 e. The summed E-state index contributed by atoms with van der Waals surface area (Å²) >= 11 is 0. The molecule has 2 aromatic heterocycles. The molecular formula is C65H73N4OPt-3. The summed E-state index contributed by atoms with van der Waals surface area (Å²) in [6.45, 7) is 41.2. The first-order valence-corrected chi connectivity index (χ1v) is 25.1. The van der Waals surface area contributed by atoms with Crippen LogP contribution in [0.1, 0.15) is 157 Å². The van der Waals surface area contributed by atoms with Gasteiger partial charge in [-0.2, -0.15) is 6.07 Å². The average molecular weight is 1120 g/mol. The van der Waals surface area contributed by atoms with Crippen LogP contribution < -0.4 is 14.5 Å². The molecule has 372 valence electrons. The molecule has 0 fully saturated rings. The average Bonchev–Trinajstić information content (AvgIpc) is 3.83. The molecule has 3 heterocycles. The zero-order chi connectivity index (χ0) is 50.5. The van der Waals surface area contributed by atoms with E-state index in [0.29, 0.717) is 11.5 Å². The van der Waals surface area contributed by atoms with E-state index in [-0.39, 0.29) is 53.6 Å². The molecule has 0 spiro atoms. The predicted molar refractivity (Wildman–Crippen MR) is 296 cm³/mol. The summed E-state index contributed by atoms with van der Waals surface area (Å²) in [6, 6.07) is 52.1. The van der Waals surface area contributed by atoms with Crippen LogP contribution in [0.5, 0.6) is 11.5 Å². The number of rotatable bonds is 7. The third-order valence-corrected chi connectivity index (χ3v) is 14.4. The molecule has 0 unspecified atom stereocenters. The maximum absolute atomic E-state index is 7.02. The van der Waals surface area contributed by atoms with E-state index in [9.17, 15) is 0 Å². The summed E-state index contributed by atoms with van der Waals surface area (Å²) in [5, 5.41) is 2.24. The van der Waals surface area contributed by atoms with Crippen LogP contribution in [0.15, 0.2) is 128 Å². The fourth-order valence-electron chi connectivity index (χ4n) is 9.87. The number of hydrogen-bond acceptors (Lipinski definition) is 4. The van der Waals surface area contributed by atoms with Crippen LogP contribution in [0.2, 0.25) is 0 Å². The molecule has 0 atom stereocenters. The van der Waals surface area contributed by atoms with E-state index >= 15 is 0 Å². The van der Waals surface area contributed by atoms with E-state index in [2.05, 4.69) is 272 Å². The van der Waals surface area contributed by atoms with Gasteiger partial charge in [0.2, 0.25) is 0 Å². The van der Waals surface area contributed by atoms with Gasteiger partial charge in [0, 0.05) is 66.8 Å². The maximum Gasteiger partial charge on any atom is 0.135 e. The van der Waals surface area contributed by atoms with Crippen molar-refractivity contribution in [1.29, 1.82) is 0 Å². The molecule has 0 N–H and O–H groups in total. The Morgan fingerprint density at radius 1 is 0.465 bits per heavy atom. The molecule has 9 rings (SSSR count). The fraction of sp³-hybridized carbons (Fsp3) is 0.354. The summed E-state index contributed by atoms with van der Waals surface area (Å²) in [5.41, 5.74) is 14.5. The van der Waals surface area contributed by atoms with Crippen LogP contribution in [0, 0.1) is 18.8 Å². The van der Waals surface area contributed by atoms with Gasteiger partial charge in [0.25, 0.3) is 0 Å². The van der Waals surface area contributed by atoms with Crippen molar-refractivity contribution in [3.05, 3.63) is 185 Å². The number of anilines is 4. The molecule has 5 nitrogen and oxygen atoms in total. The quantitative estimate of drug-likeness (QED) is 0.149. The van der Waals surface area contributed by atoms with Gasteiger partial charge in [-0.25, -0.2) is 4.98 Å². The second-order valence-electron chi connectivity index (χ2n) is 25.3. The molecule has 0 aliphatic carbocycles. The number of benzene rings is 6. The topological polar surface area (TPSA) is 33.5 Å². The molecule has 1 aliphatic rings. The largest absolute Gasteiger partial charge is 0.509 e. The van der Waals surface area contributed by atoms with E-state index in [1.54, 1.807) is 0 Å². The Morgan fingerprint density at radius 2 is 1.07 bits per heavy atom. The number of fused-ring (bicyclic) bond motifs is 4. The van der Waals surface area contributed by atoms with Gasteiger partial charge in [0.1, 0.15) is 5.82 Å². The second kappa shape index (κ2) is 18.1. The first-order chi connectivity index (χ1) is 32.6. The van der Waals surface area contributed by atoms with Crippen LogP contribution in [-0.2, 0) is 53.6 Å². The first-order valence-electron chi connectivity index (χ1n) is 25.1. The second-order valence-corrected chi connectivity index (χ2v) is 25.3. The molecule has 6 aromatic carbocycles. The SMILES string of the molecule is CC(C)(C)c1cc(Oc2[c-]c3c(cc2)c2cc(C(C)(C)c4ccccc4)ccc2n3-c2cc(C(C)(C)C)ccn2)[c-]c(N2[CH-]N(c3cccc(C(C)(C)C)c3)c3cc(C(C)(C)C)c(C(C)(C)C)cc32)c1.[Pt]. The third-order valence-electron chi connectivity index (χ3n) is 14.4. The Morgan fingerprint density at radius 3 is 1.69 bits per heavy atom. The zero-order valence-corrected chi connectivity index (χ0v) is 47.5. The van der Waals surface area contributed by atoms with Gasteiger partial charge in [-0.05, 0) is 108 Å². The minimum atomic E-state index is -0.212. The number of nitrogens with zero attached hydrogens (tertiary/aromatic N) is 4. The fourth-order valence-corrected chi connectivity index (χ4v) is 9.87. The van der Waals surface area contributed by atoms with Crippen molar-refractivity contribution in [1.82, 2.24) is 9.55 Å². The first kappa shape index (κ1) is 51.7. The molecule has 8 aromatic rings. The molecule has 0 saturated carbocycles. The van der Waals surface area contributed by atoms with Crippen molar-refractivity contribution in [3.8, 4) is 17.3 Å². The van der Waals surface area contributed by atoms with Gasteiger partial charge in [-0.3, -0.25) is 0 Å². The number of pyridine rings is 1. The molecular weight excluding hydrogens is 1050 g/mol. The van der Waals surface area contributed by atoms with Crippen molar-refractivity contribution >= 4 is 44.6 Å². The normalized spacial score (nSPS) is 13.8. The number of aromatic nitrogens is 2. The molecule has 0 amide bonds. The summed E-state index contributed by atoms with van der Waals surface area (Å²) in [5.74, 6) is 2.09. The van der Waals surface area contributed by atoms with Crippen LogP contribution in [0.4, 0.5) is 22.7 Å². The van der Waals surface area contributed by atoms with Crippen molar-refractivity contribution in [3.63, 3.8) is 0 Å². The Hall–Kier alpha value is -5.64. The predicted octanol–water partition coefficient (Wildman–Crippen LogP) is 17.8.